The number of aliphatic hydroxyl groups is 1. The highest BCUT2D eigenvalue weighted by molar-refractivity contribution is 5.75. The molecule has 3 rings (SSSR count). The molecular weight excluding hydrogens is 361 g/mol. The van der Waals surface area contributed by atoms with Crippen LogP contribution < -0.4 is 9.64 Å². The van der Waals surface area contributed by atoms with E-state index in [1.165, 1.54) is 19.1 Å². The molecular formula is C19H25F3N2O3. The second kappa shape index (κ2) is 8.06. The highest BCUT2D eigenvalue weighted by Gasteiger charge is 2.37. The summed E-state index contributed by atoms with van der Waals surface area (Å²) >= 11 is 0. The molecule has 27 heavy (non-hydrogen) atoms. The number of alkyl halides is 3. The Bertz CT molecular complexity index is 645. The molecule has 1 aromatic rings. The Morgan fingerprint density at radius 3 is 2.48 bits per heavy atom. The first-order chi connectivity index (χ1) is 12.7. The fraction of sp³-hybridized carbons (Fsp3) is 0.632. The van der Waals surface area contributed by atoms with E-state index in [-0.39, 0.29) is 18.0 Å². The fourth-order valence-electron chi connectivity index (χ4n) is 3.96. The molecule has 0 spiro atoms. The minimum absolute atomic E-state index is 0.0163. The number of nitrogens with zero attached hydrogens (tertiary/aromatic N) is 2. The number of hydrogen-bond acceptors (Lipinski definition) is 5. The first-order valence-electron chi connectivity index (χ1n) is 9.23. The van der Waals surface area contributed by atoms with Crippen LogP contribution in [-0.2, 0) is 4.79 Å². The summed E-state index contributed by atoms with van der Waals surface area (Å²) in [6.45, 7) is 4.77. The highest BCUT2D eigenvalue weighted by atomic mass is 19.4. The molecule has 0 aliphatic carbocycles. The molecule has 2 unspecified atom stereocenters. The minimum Gasteiger partial charge on any atom is -0.406 e. The van der Waals surface area contributed by atoms with Crippen molar-refractivity contribution in [1.82, 2.24) is 4.90 Å². The average molecular weight is 386 g/mol. The van der Waals surface area contributed by atoms with Gasteiger partial charge >= 0.3 is 6.36 Å². The van der Waals surface area contributed by atoms with E-state index >= 15 is 0 Å². The summed E-state index contributed by atoms with van der Waals surface area (Å²) in [6.07, 6.45) is -3.12. The molecule has 0 amide bonds. The van der Waals surface area contributed by atoms with Gasteiger partial charge in [-0.05, 0) is 55.9 Å². The Hall–Kier alpha value is -1.80. The van der Waals surface area contributed by atoms with Crippen molar-refractivity contribution < 1.29 is 27.8 Å². The van der Waals surface area contributed by atoms with Crippen LogP contribution in [0.5, 0.6) is 5.75 Å². The molecule has 0 saturated carbocycles. The van der Waals surface area contributed by atoms with Gasteiger partial charge in [0.15, 0.2) is 0 Å². The number of ketones is 1. The maximum Gasteiger partial charge on any atom is 0.573 e. The molecule has 0 aromatic heterocycles. The Kier molecular flexibility index (Phi) is 5.95. The third kappa shape index (κ3) is 5.35. The fourth-order valence-corrected chi connectivity index (χ4v) is 3.96. The number of ether oxygens (including phenoxy) is 1. The molecule has 1 aromatic carbocycles. The second-order valence-electron chi connectivity index (χ2n) is 7.49. The van der Waals surface area contributed by atoms with Crippen LogP contribution in [0.1, 0.15) is 26.2 Å². The smallest absolute Gasteiger partial charge is 0.406 e. The Balaban J connectivity index is 1.49. The number of halogens is 3. The van der Waals surface area contributed by atoms with Crippen molar-refractivity contribution in [2.24, 2.45) is 11.8 Å². The molecule has 0 radical (unpaired) electrons. The SMILES string of the molecule is CC(=O)CC(O)N1CCCC(C2CN(c3ccc(OC(F)(F)F)cc3)C2)C1. The molecule has 5 nitrogen and oxygen atoms in total. The van der Waals surface area contributed by atoms with Crippen molar-refractivity contribution in [3.05, 3.63) is 24.3 Å². The van der Waals surface area contributed by atoms with Gasteiger partial charge in [0.25, 0.3) is 0 Å². The summed E-state index contributed by atoms with van der Waals surface area (Å²) in [5.41, 5.74) is 0.880. The number of likely N-dealkylation sites (tertiary alicyclic amines) is 1. The van der Waals surface area contributed by atoms with Crippen LogP contribution >= 0.6 is 0 Å². The van der Waals surface area contributed by atoms with E-state index in [2.05, 4.69) is 9.64 Å². The lowest BCUT2D eigenvalue weighted by Gasteiger charge is -2.48. The first-order valence-corrected chi connectivity index (χ1v) is 9.23. The molecule has 150 valence electrons. The van der Waals surface area contributed by atoms with Crippen LogP contribution in [0.4, 0.5) is 18.9 Å². The Morgan fingerprint density at radius 2 is 1.89 bits per heavy atom. The van der Waals surface area contributed by atoms with Crippen LogP contribution in [0.3, 0.4) is 0 Å². The van der Waals surface area contributed by atoms with Crippen LogP contribution in [0, 0.1) is 11.8 Å². The summed E-state index contributed by atoms with van der Waals surface area (Å²) < 4.78 is 40.6. The van der Waals surface area contributed by atoms with E-state index in [1.807, 2.05) is 4.90 Å². The van der Waals surface area contributed by atoms with Crippen LogP contribution in [0.15, 0.2) is 24.3 Å². The molecule has 1 N–H and O–H groups in total. The number of carbonyl (C=O) groups is 1. The standard InChI is InChI=1S/C19H25F3N2O3/c1-13(25)9-18(26)23-8-2-3-14(10-23)15-11-24(12-15)16-4-6-17(7-5-16)27-19(20,21)22/h4-7,14-15,18,26H,2-3,8-12H2,1H3. The number of benzene rings is 1. The third-order valence-electron chi connectivity index (χ3n) is 5.39. The average Bonchev–Trinajstić information content (AvgIpc) is 2.53. The summed E-state index contributed by atoms with van der Waals surface area (Å²) in [7, 11) is 0. The van der Waals surface area contributed by atoms with E-state index < -0.39 is 12.6 Å². The van der Waals surface area contributed by atoms with E-state index in [0.29, 0.717) is 11.8 Å². The van der Waals surface area contributed by atoms with Crippen LogP contribution in [0.2, 0.25) is 0 Å². The van der Waals surface area contributed by atoms with Gasteiger partial charge in [-0.1, -0.05) is 0 Å². The predicted octanol–water partition coefficient (Wildman–Crippen LogP) is 3.03. The lowest BCUT2D eigenvalue weighted by atomic mass is 9.80. The monoisotopic (exact) mass is 386 g/mol. The number of hydrogen-bond donors (Lipinski definition) is 1. The molecule has 2 fully saturated rings. The molecule has 8 heteroatoms. The molecule has 2 aliphatic rings. The number of aliphatic hydroxyl groups excluding tert-OH is 1. The maximum atomic E-state index is 12.2. The van der Waals surface area contributed by atoms with E-state index in [9.17, 15) is 23.1 Å². The van der Waals surface area contributed by atoms with E-state index in [4.69, 9.17) is 0 Å². The third-order valence-corrected chi connectivity index (χ3v) is 5.39. The van der Waals surface area contributed by atoms with Crippen molar-refractivity contribution >= 4 is 11.5 Å². The van der Waals surface area contributed by atoms with E-state index in [0.717, 1.165) is 44.7 Å². The van der Waals surface area contributed by atoms with Crippen LogP contribution in [-0.4, -0.2) is 54.6 Å². The summed E-state index contributed by atoms with van der Waals surface area (Å²) in [4.78, 5) is 15.3. The quantitative estimate of drug-likeness (QED) is 0.815. The lowest BCUT2D eigenvalue weighted by Crippen LogP contribution is -2.54. The van der Waals surface area contributed by atoms with Crippen molar-refractivity contribution in [2.45, 2.75) is 38.8 Å². The molecule has 2 aliphatic heterocycles. The van der Waals surface area contributed by atoms with Crippen molar-refractivity contribution in [3.8, 4) is 5.75 Å². The largest absolute Gasteiger partial charge is 0.573 e. The van der Waals surface area contributed by atoms with Gasteiger partial charge in [0.05, 0.1) is 0 Å². The van der Waals surface area contributed by atoms with Gasteiger partial charge in [-0.15, -0.1) is 13.2 Å². The zero-order chi connectivity index (χ0) is 19.6. The zero-order valence-electron chi connectivity index (χ0n) is 15.3. The normalized spacial score (nSPS) is 23.0. The zero-order valence-corrected chi connectivity index (χ0v) is 15.3. The van der Waals surface area contributed by atoms with Crippen LogP contribution in [0.25, 0.3) is 0 Å². The number of carbonyl (C=O) groups excluding carboxylic acids is 1. The maximum absolute atomic E-state index is 12.2. The number of piperidine rings is 1. The number of rotatable bonds is 6. The summed E-state index contributed by atoms with van der Waals surface area (Å²) in [5, 5.41) is 10.2. The molecule has 2 heterocycles. The predicted molar refractivity (Wildman–Crippen MR) is 94.4 cm³/mol. The summed E-state index contributed by atoms with van der Waals surface area (Å²) in [5.74, 6) is 0.718. The van der Waals surface area contributed by atoms with Gasteiger partial charge in [0, 0.05) is 38.3 Å². The van der Waals surface area contributed by atoms with E-state index in [1.54, 1.807) is 12.1 Å². The molecule has 2 atom stereocenters. The highest BCUT2D eigenvalue weighted by Crippen LogP contribution is 2.35. The molecule has 0 bridgehead atoms. The Labute approximate surface area is 156 Å². The lowest BCUT2D eigenvalue weighted by molar-refractivity contribution is -0.274. The topological polar surface area (TPSA) is 53.0 Å². The van der Waals surface area contributed by atoms with Gasteiger partial charge in [-0.25, -0.2) is 0 Å². The summed E-state index contributed by atoms with van der Waals surface area (Å²) in [6, 6.07) is 5.94. The van der Waals surface area contributed by atoms with Gasteiger partial charge in [0.2, 0.25) is 0 Å². The van der Waals surface area contributed by atoms with Crippen molar-refractivity contribution in [1.29, 1.82) is 0 Å². The Morgan fingerprint density at radius 1 is 1.22 bits per heavy atom. The van der Waals surface area contributed by atoms with Gasteiger partial charge in [-0.3, -0.25) is 9.69 Å². The van der Waals surface area contributed by atoms with Gasteiger partial charge in [-0.2, -0.15) is 0 Å². The number of anilines is 1. The van der Waals surface area contributed by atoms with Gasteiger partial charge in [0.1, 0.15) is 17.8 Å². The van der Waals surface area contributed by atoms with Gasteiger partial charge < -0.3 is 14.7 Å². The number of Topliss-reactive ketones (excluding diaryl/α,β-unsaturated/α-hetero) is 1. The van der Waals surface area contributed by atoms with Crippen molar-refractivity contribution in [3.63, 3.8) is 0 Å². The van der Waals surface area contributed by atoms with Crippen molar-refractivity contribution in [2.75, 3.05) is 31.1 Å². The minimum atomic E-state index is -4.68. The first kappa shape index (κ1) is 19.9. The molecule has 2 saturated heterocycles. The second-order valence-corrected chi connectivity index (χ2v) is 7.49.